The Morgan fingerprint density at radius 1 is 0.611 bits per heavy atom. The van der Waals surface area contributed by atoms with Crippen LogP contribution in [0.5, 0.6) is 0 Å². The van der Waals surface area contributed by atoms with Gasteiger partial charge in [0.15, 0.2) is 0 Å². The summed E-state index contributed by atoms with van der Waals surface area (Å²) in [6.45, 7) is 2.01. The Labute approximate surface area is 225 Å². The number of hydrogen-bond donors (Lipinski definition) is 3. The summed E-state index contributed by atoms with van der Waals surface area (Å²) in [4.78, 5) is 42.1. The number of aromatic carboxylic acids is 2. The van der Waals surface area contributed by atoms with Gasteiger partial charge in [0.2, 0.25) is 0 Å². The smallest absolute Gasteiger partial charge is 0.345 e. The van der Waals surface area contributed by atoms with Gasteiger partial charge in [0.1, 0.15) is 9.75 Å². The lowest BCUT2D eigenvalue weighted by molar-refractivity contribution is -0.136. The number of rotatable bonds is 8. The quantitative estimate of drug-likeness (QED) is 0.174. The van der Waals surface area contributed by atoms with Crippen molar-refractivity contribution >= 4 is 74.6 Å². The van der Waals surface area contributed by atoms with Gasteiger partial charge in [0, 0.05) is 39.0 Å². The van der Waals surface area contributed by atoms with E-state index in [-0.39, 0.29) is 11.3 Å². The molecule has 0 saturated heterocycles. The summed E-state index contributed by atoms with van der Waals surface area (Å²) >= 11 is 7.09. The number of aliphatic carboxylic acids is 1. The molecular formula is C25H16O6S5. The van der Waals surface area contributed by atoms with E-state index in [0.717, 1.165) is 55.9 Å². The van der Waals surface area contributed by atoms with E-state index in [9.17, 15) is 29.7 Å². The first kappa shape index (κ1) is 24.6. The molecule has 3 N–H and O–H groups in total. The highest BCUT2D eigenvalue weighted by Crippen LogP contribution is 2.47. The van der Waals surface area contributed by atoms with Crippen LogP contribution in [0.2, 0.25) is 0 Å². The van der Waals surface area contributed by atoms with Crippen LogP contribution in [-0.4, -0.2) is 33.2 Å². The molecule has 0 radical (unpaired) electrons. The molecule has 0 aliphatic rings. The van der Waals surface area contributed by atoms with Crippen LogP contribution in [0, 0.1) is 6.92 Å². The zero-order valence-corrected chi connectivity index (χ0v) is 22.5. The molecule has 5 aromatic rings. The van der Waals surface area contributed by atoms with Gasteiger partial charge in [0.05, 0.1) is 6.42 Å². The maximum Gasteiger partial charge on any atom is 0.345 e. The minimum absolute atomic E-state index is 0.142. The van der Waals surface area contributed by atoms with Crippen molar-refractivity contribution in [1.29, 1.82) is 0 Å². The van der Waals surface area contributed by atoms with E-state index in [0.29, 0.717) is 10.4 Å². The van der Waals surface area contributed by atoms with Crippen molar-refractivity contribution in [3.63, 3.8) is 0 Å². The zero-order chi connectivity index (χ0) is 25.6. The number of carbonyl (C=O) groups is 3. The summed E-state index contributed by atoms with van der Waals surface area (Å²) in [5, 5.41) is 27.9. The normalized spacial score (nSPS) is 11.1. The standard InChI is InChI=1S/C25H16O6S5/c1-11-8-19(35-22(11)15-4-6-17(33-15)24(28)29)13-2-3-14(32-13)20-9-12(10-21(26)27)23(36-20)16-5-7-18(34-16)25(30)31/h2-9H,10H2,1H3,(H,26,27)(H,28,29)(H,30,31). The molecule has 0 aliphatic carbocycles. The second-order valence-corrected chi connectivity index (χ2v) is 13.1. The largest absolute Gasteiger partial charge is 0.481 e. The van der Waals surface area contributed by atoms with Crippen LogP contribution in [0.4, 0.5) is 0 Å². The third kappa shape index (κ3) is 4.80. The first-order valence-corrected chi connectivity index (χ1v) is 14.5. The summed E-state index contributed by atoms with van der Waals surface area (Å²) in [6.07, 6.45) is -0.142. The van der Waals surface area contributed by atoms with Crippen LogP contribution in [0.3, 0.4) is 0 Å². The average Bonchev–Trinajstić information content (AvgIpc) is 3.61. The van der Waals surface area contributed by atoms with Crippen LogP contribution in [-0.2, 0) is 11.2 Å². The summed E-state index contributed by atoms with van der Waals surface area (Å²) < 4.78 is 0. The molecule has 0 aliphatic heterocycles. The highest BCUT2D eigenvalue weighted by atomic mass is 32.1. The summed E-state index contributed by atoms with van der Waals surface area (Å²) in [5.74, 6) is -2.87. The zero-order valence-electron chi connectivity index (χ0n) is 18.4. The lowest BCUT2D eigenvalue weighted by Crippen LogP contribution is -1.99. The van der Waals surface area contributed by atoms with E-state index >= 15 is 0 Å². The molecule has 5 rings (SSSR count). The van der Waals surface area contributed by atoms with Crippen molar-refractivity contribution in [1.82, 2.24) is 0 Å². The average molecular weight is 573 g/mol. The second kappa shape index (κ2) is 9.75. The van der Waals surface area contributed by atoms with Crippen molar-refractivity contribution in [2.24, 2.45) is 0 Å². The minimum atomic E-state index is -1.00. The van der Waals surface area contributed by atoms with Crippen LogP contribution >= 0.6 is 56.7 Å². The van der Waals surface area contributed by atoms with Crippen molar-refractivity contribution in [2.45, 2.75) is 13.3 Å². The third-order valence-corrected chi connectivity index (χ3v) is 11.6. The van der Waals surface area contributed by atoms with Gasteiger partial charge in [0.25, 0.3) is 0 Å². The molecule has 182 valence electrons. The van der Waals surface area contributed by atoms with Crippen molar-refractivity contribution in [2.75, 3.05) is 0 Å². The lowest BCUT2D eigenvalue weighted by atomic mass is 10.1. The lowest BCUT2D eigenvalue weighted by Gasteiger charge is -1.97. The van der Waals surface area contributed by atoms with Gasteiger partial charge in [-0.3, -0.25) is 4.79 Å². The summed E-state index contributed by atoms with van der Waals surface area (Å²) in [7, 11) is 0. The predicted molar refractivity (Wildman–Crippen MR) is 148 cm³/mol. The number of thiophene rings is 5. The minimum Gasteiger partial charge on any atom is -0.481 e. The first-order valence-electron chi connectivity index (χ1n) is 10.4. The van der Waals surface area contributed by atoms with Crippen LogP contribution in [0.15, 0.2) is 48.5 Å². The predicted octanol–water partition coefficient (Wildman–Crippen LogP) is 7.99. The molecule has 5 aromatic heterocycles. The molecule has 0 fully saturated rings. The highest BCUT2D eigenvalue weighted by molar-refractivity contribution is 7.30. The maximum absolute atomic E-state index is 11.5. The highest BCUT2D eigenvalue weighted by Gasteiger charge is 2.20. The number of carboxylic acid groups (broad SMARTS) is 3. The van der Waals surface area contributed by atoms with Crippen LogP contribution in [0.1, 0.15) is 30.5 Å². The van der Waals surface area contributed by atoms with E-state index in [1.807, 2.05) is 31.2 Å². The van der Waals surface area contributed by atoms with E-state index in [2.05, 4.69) is 6.07 Å². The van der Waals surface area contributed by atoms with E-state index in [4.69, 9.17) is 0 Å². The van der Waals surface area contributed by atoms with Crippen molar-refractivity contribution < 1.29 is 29.7 Å². The summed E-state index contributed by atoms with van der Waals surface area (Å²) in [6, 6.07) is 14.8. The molecule has 0 unspecified atom stereocenters. The molecule has 36 heavy (non-hydrogen) atoms. The van der Waals surface area contributed by atoms with Crippen LogP contribution < -0.4 is 0 Å². The maximum atomic E-state index is 11.5. The van der Waals surface area contributed by atoms with Gasteiger partial charge < -0.3 is 15.3 Å². The SMILES string of the molecule is Cc1cc(-c2ccc(-c3cc(CC(=O)O)c(-c4ccc(C(=O)O)s4)s3)s2)sc1-c1ccc(C(=O)O)s1. The number of carboxylic acids is 3. The Balaban J connectivity index is 1.48. The Bertz CT molecular complexity index is 1630. The Morgan fingerprint density at radius 3 is 1.64 bits per heavy atom. The second-order valence-electron chi connectivity index (χ2n) is 7.76. The van der Waals surface area contributed by atoms with Gasteiger partial charge >= 0.3 is 17.9 Å². The molecule has 0 bridgehead atoms. The number of hydrogen-bond acceptors (Lipinski definition) is 8. The molecule has 5 heterocycles. The van der Waals surface area contributed by atoms with Gasteiger partial charge in [-0.2, -0.15) is 0 Å². The molecule has 0 aromatic carbocycles. The summed E-state index contributed by atoms with van der Waals surface area (Å²) in [5.41, 5.74) is 1.75. The Morgan fingerprint density at radius 2 is 1.11 bits per heavy atom. The molecule has 0 amide bonds. The monoisotopic (exact) mass is 572 g/mol. The van der Waals surface area contributed by atoms with E-state index in [1.54, 1.807) is 40.9 Å². The Hall–Kier alpha value is -3.09. The molecule has 0 atom stereocenters. The third-order valence-electron chi connectivity index (χ3n) is 5.24. The number of aryl methyl sites for hydroxylation is 1. The molecule has 0 saturated carbocycles. The van der Waals surface area contributed by atoms with Gasteiger partial charge in [-0.05, 0) is 66.6 Å². The van der Waals surface area contributed by atoms with Crippen LogP contribution in [0.25, 0.3) is 39.0 Å². The Kier molecular flexibility index (Phi) is 6.66. The molecule has 0 spiro atoms. The van der Waals surface area contributed by atoms with Gasteiger partial charge in [-0.1, -0.05) is 0 Å². The van der Waals surface area contributed by atoms with Crippen molar-refractivity contribution in [3.05, 3.63) is 69.4 Å². The molecule has 6 nitrogen and oxygen atoms in total. The van der Waals surface area contributed by atoms with Gasteiger partial charge in [-0.15, -0.1) is 56.7 Å². The fourth-order valence-corrected chi connectivity index (χ4v) is 9.19. The fraction of sp³-hybridized carbons (Fsp3) is 0.0800. The molecular weight excluding hydrogens is 557 g/mol. The first-order chi connectivity index (χ1) is 17.2. The van der Waals surface area contributed by atoms with E-state index in [1.165, 1.54) is 22.7 Å². The van der Waals surface area contributed by atoms with E-state index < -0.39 is 17.9 Å². The molecule has 11 heteroatoms. The fourth-order valence-electron chi connectivity index (χ4n) is 3.65. The topological polar surface area (TPSA) is 112 Å². The van der Waals surface area contributed by atoms with Gasteiger partial charge in [-0.25, -0.2) is 9.59 Å². The van der Waals surface area contributed by atoms with Crippen molar-refractivity contribution in [3.8, 4) is 39.0 Å².